The average Bonchev–Trinajstić information content (AvgIpc) is 1.78. The second-order valence-corrected chi connectivity index (χ2v) is 8.27. The molecule has 0 heterocycles. The molecule has 0 saturated heterocycles. The lowest BCUT2D eigenvalue weighted by molar-refractivity contribution is 0.498. The fourth-order valence-electron chi connectivity index (χ4n) is 0.760. The van der Waals surface area contributed by atoms with E-state index in [1.807, 2.05) is 0 Å². The van der Waals surface area contributed by atoms with E-state index in [1.165, 1.54) is 0 Å². The number of rotatable bonds is 5. The lowest BCUT2D eigenvalue weighted by Gasteiger charge is -2.22. The second-order valence-electron chi connectivity index (χ2n) is 3.78. The van der Waals surface area contributed by atoms with E-state index in [-0.39, 0.29) is 5.88 Å². The van der Waals surface area contributed by atoms with Crippen molar-refractivity contribution >= 4 is 31.5 Å². The lowest BCUT2D eigenvalue weighted by Crippen LogP contribution is -2.46. The first-order chi connectivity index (χ1) is 5.97. The second kappa shape index (κ2) is 4.34. The fraction of sp³-hybridized carbons (Fsp3) is 1.00. The molecule has 0 amide bonds. The molecular formula is C6H14ClNO4S2. The third-order valence-corrected chi connectivity index (χ3v) is 5.62. The molecule has 0 aliphatic heterocycles. The number of hydrogen-bond acceptors (Lipinski definition) is 4. The Labute approximate surface area is 89.8 Å². The van der Waals surface area contributed by atoms with Gasteiger partial charge in [0.05, 0.1) is 0 Å². The van der Waals surface area contributed by atoms with E-state index in [0.29, 0.717) is 0 Å². The maximum Gasteiger partial charge on any atom is 0.226 e. The fourth-order valence-corrected chi connectivity index (χ4v) is 4.31. The predicted octanol–water partition coefficient (Wildman–Crippen LogP) is -0.0747. The summed E-state index contributed by atoms with van der Waals surface area (Å²) in [6.07, 6.45) is 0.861. The van der Waals surface area contributed by atoms with Crippen LogP contribution in [0.3, 0.4) is 0 Å². The van der Waals surface area contributed by atoms with Crippen LogP contribution in [-0.2, 0) is 19.9 Å². The third-order valence-electron chi connectivity index (χ3n) is 1.14. The van der Waals surface area contributed by atoms with Crippen LogP contribution in [0, 0.1) is 0 Å². The van der Waals surface area contributed by atoms with Crippen molar-refractivity contribution in [1.29, 1.82) is 0 Å². The molecule has 0 aliphatic rings. The van der Waals surface area contributed by atoms with Gasteiger partial charge in [-0.15, -0.1) is 11.6 Å². The van der Waals surface area contributed by atoms with E-state index in [0.717, 1.165) is 6.26 Å². The minimum absolute atomic E-state index is 0.0655. The van der Waals surface area contributed by atoms with Gasteiger partial charge in [0.2, 0.25) is 10.0 Å². The van der Waals surface area contributed by atoms with Crippen LogP contribution in [0.15, 0.2) is 0 Å². The van der Waals surface area contributed by atoms with Gasteiger partial charge < -0.3 is 0 Å². The predicted molar refractivity (Wildman–Crippen MR) is 56.6 cm³/mol. The minimum atomic E-state index is -3.83. The van der Waals surface area contributed by atoms with Crippen molar-refractivity contribution in [1.82, 2.24) is 4.72 Å². The summed E-state index contributed by atoms with van der Waals surface area (Å²) in [5.41, 5.74) is -0.842. The van der Waals surface area contributed by atoms with Crippen LogP contribution < -0.4 is 4.72 Å². The summed E-state index contributed by atoms with van der Waals surface area (Å²) in [4.78, 5) is 0. The lowest BCUT2D eigenvalue weighted by atomic mass is 10.1. The number of sulfonamides is 1. The molecule has 0 radical (unpaired) electrons. The number of nitrogens with one attached hydrogen (secondary N) is 1. The summed E-state index contributed by atoms with van der Waals surface area (Å²) in [5, 5.41) is -0.916. The Balaban J connectivity index is 4.69. The molecule has 0 spiro atoms. The zero-order valence-corrected chi connectivity index (χ0v) is 10.6. The maximum absolute atomic E-state index is 11.3. The molecule has 0 saturated carbocycles. The molecule has 5 nitrogen and oxygen atoms in total. The van der Waals surface area contributed by atoms with Crippen LogP contribution in [0.2, 0.25) is 0 Å². The van der Waals surface area contributed by atoms with Gasteiger partial charge in [0, 0.05) is 17.7 Å². The van der Waals surface area contributed by atoms with Crippen molar-refractivity contribution < 1.29 is 16.8 Å². The van der Waals surface area contributed by atoms with Crippen molar-refractivity contribution in [2.45, 2.75) is 19.4 Å². The smallest absolute Gasteiger partial charge is 0.226 e. The number of alkyl halides is 1. The summed E-state index contributed by atoms with van der Waals surface area (Å²) >= 11 is 5.49. The van der Waals surface area contributed by atoms with Crippen LogP contribution in [0.5, 0.6) is 0 Å². The topological polar surface area (TPSA) is 80.3 Å². The highest BCUT2D eigenvalue weighted by Crippen LogP contribution is 2.07. The SMILES string of the molecule is CC(C)(CCl)NS(=O)(=O)CS(C)(=O)=O. The zero-order chi connectivity index (χ0) is 11.6. The van der Waals surface area contributed by atoms with Crippen LogP contribution >= 0.6 is 11.6 Å². The van der Waals surface area contributed by atoms with E-state index in [4.69, 9.17) is 11.6 Å². The quantitative estimate of drug-likeness (QED) is 0.704. The van der Waals surface area contributed by atoms with Gasteiger partial charge in [-0.25, -0.2) is 21.6 Å². The van der Waals surface area contributed by atoms with Crippen LogP contribution in [-0.4, -0.2) is 39.6 Å². The highest BCUT2D eigenvalue weighted by atomic mass is 35.5. The summed E-state index contributed by atoms with van der Waals surface area (Å²) in [7, 11) is -7.39. The van der Waals surface area contributed by atoms with Crippen LogP contribution in [0.25, 0.3) is 0 Å². The van der Waals surface area contributed by atoms with Gasteiger partial charge in [-0.2, -0.15) is 0 Å². The van der Waals surface area contributed by atoms with Gasteiger partial charge in [0.1, 0.15) is 0 Å². The Morgan fingerprint density at radius 1 is 1.21 bits per heavy atom. The van der Waals surface area contributed by atoms with E-state index in [9.17, 15) is 16.8 Å². The Hall–Kier alpha value is 0.150. The van der Waals surface area contributed by atoms with Crippen molar-refractivity contribution in [2.75, 3.05) is 17.2 Å². The molecule has 0 unspecified atom stereocenters. The molecule has 0 rings (SSSR count). The molecule has 0 atom stereocenters. The Kier molecular flexibility index (Phi) is 4.39. The number of hydrogen-bond donors (Lipinski definition) is 1. The van der Waals surface area contributed by atoms with Gasteiger partial charge in [-0.05, 0) is 13.8 Å². The monoisotopic (exact) mass is 263 g/mol. The Morgan fingerprint density at radius 2 is 1.64 bits per heavy atom. The molecule has 86 valence electrons. The molecular weight excluding hydrogens is 250 g/mol. The van der Waals surface area contributed by atoms with E-state index >= 15 is 0 Å². The first-order valence-electron chi connectivity index (χ1n) is 3.73. The normalized spacial score (nSPS) is 14.3. The molecule has 0 aromatic heterocycles. The third kappa shape index (κ3) is 6.58. The summed E-state index contributed by atoms with van der Waals surface area (Å²) in [6, 6.07) is 0. The zero-order valence-electron chi connectivity index (χ0n) is 8.24. The summed E-state index contributed by atoms with van der Waals surface area (Å²) in [6.45, 7) is 3.14. The van der Waals surface area contributed by atoms with Crippen LogP contribution in [0.4, 0.5) is 0 Å². The minimum Gasteiger partial charge on any atom is -0.228 e. The molecule has 8 heteroatoms. The summed E-state index contributed by atoms with van der Waals surface area (Å²) in [5.74, 6) is 0.0655. The molecule has 0 aromatic rings. The van der Waals surface area contributed by atoms with Gasteiger partial charge in [0.15, 0.2) is 14.9 Å². The first kappa shape index (κ1) is 14.2. The van der Waals surface area contributed by atoms with Crippen molar-refractivity contribution in [3.8, 4) is 0 Å². The molecule has 0 fully saturated rings. The Morgan fingerprint density at radius 3 is 1.93 bits per heavy atom. The van der Waals surface area contributed by atoms with Gasteiger partial charge in [-0.3, -0.25) is 0 Å². The molecule has 1 N–H and O–H groups in total. The summed E-state index contributed by atoms with van der Waals surface area (Å²) < 4.78 is 46.3. The van der Waals surface area contributed by atoms with E-state index < -0.39 is 30.5 Å². The highest BCUT2D eigenvalue weighted by Gasteiger charge is 2.26. The van der Waals surface area contributed by atoms with Crippen molar-refractivity contribution in [2.24, 2.45) is 0 Å². The van der Waals surface area contributed by atoms with Gasteiger partial charge in [-0.1, -0.05) is 0 Å². The van der Waals surface area contributed by atoms with Crippen LogP contribution in [0.1, 0.15) is 13.8 Å². The molecule has 0 bridgehead atoms. The highest BCUT2D eigenvalue weighted by molar-refractivity contribution is 8.06. The first-order valence-corrected chi connectivity index (χ1v) is 7.97. The van der Waals surface area contributed by atoms with Crippen molar-refractivity contribution in [3.05, 3.63) is 0 Å². The average molecular weight is 264 g/mol. The molecule has 0 aromatic carbocycles. The number of sulfone groups is 1. The molecule has 14 heavy (non-hydrogen) atoms. The van der Waals surface area contributed by atoms with E-state index in [2.05, 4.69) is 4.72 Å². The maximum atomic E-state index is 11.3. The van der Waals surface area contributed by atoms with Gasteiger partial charge in [0.25, 0.3) is 0 Å². The van der Waals surface area contributed by atoms with E-state index in [1.54, 1.807) is 13.8 Å². The standard InChI is InChI=1S/C6H14ClNO4S2/c1-6(2,4-7)8-14(11,12)5-13(3,9)10/h8H,4-5H2,1-3H3. The Bertz CT molecular complexity index is 384. The molecule has 0 aliphatic carbocycles. The van der Waals surface area contributed by atoms with Crippen molar-refractivity contribution in [3.63, 3.8) is 0 Å². The number of halogens is 1. The van der Waals surface area contributed by atoms with Gasteiger partial charge >= 0.3 is 0 Å². The largest absolute Gasteiger partial charge is 0.228 e.